The van der Waals surface area contributed by atoms with E-state index in [1.807, 2.05) is 32.0 Å². The Morgan fingerprint density at radius 3 is 2.75 bits per heavy atom. The molecule has 1 N–H and O–H groups in total. The minimum Gasteiger partial charge on any atom is -0.318 e. The molecule has 7 heteroatoms. The SMILES string of the molecule is CCn1c(C(C)N(C)C(=O)Nc2cccc(C#N)c2)nc2ccccc2c1=O. The zero-order valence-corrected chi connectivity index (χ0v) is 16.0. The molecule has 0 fully saturated rings. The second-order valence-electron chi connectivity index (χ2n) is 6.45. The summed E-state index contributed by atoms with van der Waals surface area (Å²) in [5.74, 6) is 0.523. The van der Waals surface area contributed by atoms with Crippen molar-refractivity contribution in [2.24, 2.45) is 0 Å². The van der Waals surface area contributed by atoms with E-state index >= 15 is 0 Å². The van der Waals surface area contributed by atoms with E-state index in [2.05, 4.69) is 10.3 Å². The summed E-state index contributed by atoms with van der Waals surface area (Å²) in [5, 5.41) is 12.3. The third-order valence-electron chi connectivity index (χ3n) is 4.73. The second kappa shape index (κ2) is 7.92. The van der Waals surface area contributed by atoms with E-state index in [0.717, 1.165) is 0 Å². The molecule has 1 aromatic heterocycles. The van der Waals surface area contributed by atoms with Gasteiger partial charge in [-0.2, -0.15) is 5.26 Å². The van der Waals surface area contributed by atoms with Crippen LogP contribution in [0.15, 0.2) is 53.3 Å². The Hall–Kier alpha value is -3.66. The summed E-state index contributed by atoms with van der Waals surface area (Å²) in [6.45, 7) is 4.16. The highest BCUT2D eigenvalue weighted by Gasteiger charge is 2.23. The number of aromatic nitrogens is 2. The van der Waals surface area contributed by atoms with Crippen molar-refractivity contribution in [2.45, 2.75) is 26.4 Å². The zero-order valence-electron chi connectivity index (χ0n) is 16.0. The Balaban J connectivity index is 1.92. The number of nitrogens with zero attached hydrogens (tertiary/aromatic N) is 4. The van der Waals surface area contributed by atoms with Crippen LogP contribution >= 0.6 is 0 Å². The van der Waals surface area contributed by atoms with E-state index in [1.54, 1.807) is 48.0 Å². The molecule has 0 saturated heterocycles. The maximum absolute atomic E-state index is 12.8. The van der Waals surface area contributed by atoms with E-state index in [9.17, 15) is 9.59 Å². The molecule has 0 saturated carbocycles. The molecule has 0 bridgehead atoms. The van der Waals surface area contributed by atoms with Crippen LogP contribution in [-0.4, -0.2) is 27.5 Å². The lowest BCUT2D eigenvalue weighted by Crippen LogP contribution is -2.37. The monoisotopic (exact) mass is 375 g/mol. The first-order chi connectivity index (χ1) is 13.5. The molecular weight excluding hydrogens is 354 g/mol. The molecule has 2 amide bonds. The highest BCUT2D eigenvalue weighted by atomic mass is 16.2. The van der Waals surface area contributed by atoms with Gasteiger partial charge >= 0.3 is 6.03 Å². The maximum atomic E-state index is 12.8. The number of para-hydroxylation sites is 1. The molecule has 0 aliphatic carbocycles. The van der Waals surface area contributed by atoms with Crippen LogP contribution in [0.25, 0.3) is 10.9 Å². The van der Waals surface area contributed by atoms with Gasteiger partial charge in [-0.1, -0.05) is 18.2 Å². The first-order valence-electron chi connectivity index (χ1n) is 8.99. The van der Waals surface area contributed by atoms with E-state index < -0.39 is 6.04 Å². The molecule has 142 valence electrons. The summed E-state index contributed by atoms with van der Waals surface area (Å²) >= 11 is 0. The van der Waals surface area contributed by atoms with Crippen molar-refractivity contribution in [3.05, 3.63) is 70.3 Å². The number of carbonyl (C=O) groups excluding carboxylic acids is 1. The number of nitriles is 1. The minimum absolute atomic E-state index is 0.120. The molecule has 1 unspecified atom stereocenters. The Bertz CT molecular complexity index is 1130. The van der Waals surface area contributed by atoms with Gasteiger partial charge in [0.05, 0.1) is 28.6 Å². The number of urea groups is 1. The Morgan fingerprint density at radius 1 is 1.29 bits per heavy atom. The molecule has 0 aliphatic rings. The first kappa shape index (κ1) is 19.1. The molecule has 3 aromatic rings. The van der Waals surface area contributed by atoms with Crippen LogP contribution in [0.1, 0.15) is 31.3 Å². The smallest absolute Gasteiger partial charge is 0.318 e. The number of amides is 2. The molecule has 0 radical (unpaired) electrons. The molecule has 3 rings (SSSR count). The summed E-state index contributed by atoms with van der Waals surface area (Å²) in [7, 11) is 1.65. The average Bonchev–Trinajstić information content (AvgIpc) is 2.72. The molecule has 7 nitrogen and oxygen atoms in total. The summed E-state index contributed by atoms with van der Waals surface area (Å²) in [6.07, 6.45) is 0. The lowest BCUT2D eigenvalue weighted by atomic mass is 10.2. The largest absolute Gasteiger partial charge is 0.322 e. The minimum atomic E-state index is -0.434. The van der Waals surface area contributed by atoms with E-state index in [1.165, 1.54) is 4.90 Å². The van der Waals surface area contributed by atoms with E-state index in [0.29, 0.717) is 34.5 Å². The predicted octanol–water partition coefficient (Wildman–Crippen LogP) is 3.51. The van der Waals surface area contributed by atoms with Crippen LogP contribution in [0.5, 0.6) is 0 Å². The van der Waals surface area contributed by atoms with Crippen LogP contribution < -0.4 is 10.9 Å². The number of anilines is 1. The van der Waals surface area contributed by atoms with Crippen LogP contribution in [0.3, 0.4) is 0 Å². The third-order valence-corrected chi connectivity index (χ3v) is 4.73. The highest BCUT2D eigenvalue weighted by Crippen LogP contribution is 2.20. The highest BCUT2D eigenvalue weighted by molar-refractivity contribution is 5.89. The van der Waals surface area contributed by atoms with Crippen molar-refractivity contribution >= 4 is 22.6 Å². The van der Waals surface area contributed by atoms with Gasteiger partial charge in [0.25, 0.3) is 5.56 Å². The number of rotatable bonds is 4. The van der Waals surface area contributed by atoms with E-state index in [4.69, 9.17) is 5.26 Å². The molecule has 0 aliphatic heterocycles. The Morgan fingerprint density at radius 2 is 2.04 bits per heavy atom. The third kappa shape index (κ3) is 3.58. The van der Waals surface area contributed by atoms with Crippen LogP contribution in [-0.2, 0) is 6.54 Å². The molecule has 0 spiro atoms. The van der Waals surface area contributed by atoms with Crippen molar-refractivity contribution < 1.29 is 4.79 Å². The summed E-state index contributed by atoms with van der Waals surface area (Å²) in [6, 6.07) is 15.1. The average molecular weight is 375 g/mol. The van der Waals surface area contributed by atoms with Crippen molar-refractivity contribution in [2.75, 3.05) is 12.4 Å². The molecule has 2 aromatic carbocycles. The number of hydrogen-bond acceptors (Lipinski definition) is 4. The van der Waals surface area contributed by atoms with Crippen molar-refractivity contribution in [3.63, 3.8) is 0 Å². The topological polar surface area (TPSA) is 91.0 Å². The van der Waals surface area contributed by atoms with Gasteiger partial charge in [0.15, 0.2) is 0 Å². The van der Waals surface area contributed by atoms with Gasteiger partial charge in [-0.3, -0.25) is 9.36 Å². The molecular formula is C21H21N5O2. The van der Waals surface area contributed by atoms with Gasteiger partial charge in [-0.25, -0.2) is 9.78 Å². The number of nitrogens with one attached hydrogen (secondary N) is 1. The lowest BCUT2D eigenvalue weighted by Gasteiger charge is -2.27. The second-order valence-corrected chi connectivity index (χ2v) is 6.45. The van der Waals surface area contributed by atoms with Gasteiger partial charge < -0.3 is 10.2 Å². The number of fused-ring (bicyclic) bond motifs is 1. The van der Waals surface area contributed by atoms with E-state index in [-0.39, 0.29) is 11.6 Å². The number of benzene rings is 2. The normalized spacial score (nSPS) is 11.6. The zero-order chi connectivity index (χ0) is 20.3. The Labute approximate surface area is 162 Å². The van der Waals surface area contributed by atoms with Gasteiger partial charge in [0, 0.05) is 19.3 Å². The van der Waals surface area contributed by atoms with Crippen molar-refractivity contribution in [3.8, 4) is 6.07 Å². The van der Waals surface area contributed by atoms with Crippen LogP contribution in [0.2, 0.25) is 0 Å². The van der Waals surface area contributed by atoms with Crippen molar-refractivity contribution in [1.29, 1.82) is 5.26 Å². The van der Waals surface area contributed by atoms with Crippen LogP contribution in [0, 0.1) is 11.3 Å². The molecule has 1 atom stereocenters. The first-order valence-corrected chi connectivity index (χ1v) is 8.99. The number of carbonyl (C=O) groups is 1. The van der Waals surface area contributed by atoms with Gasteiger partial charge in [-0.05, 0) is 44.2 Å². The fourth-order valence-electron chi connectivity index (χ4n) is 3.04. The summed E-state index contributed by atoms with van der Waals surface area (Å²) < 4.78 is 1.59. The standard InChI is InChI=1S/C21H21N5O2/c1-4-26-19(24-18-11-6-5-10-17(18)20(26)27)14(2)25(3)21(28)23-16-9-7-8-15(12-16)13-22/h5-12,14H,4H2,1-3H3,(H,23,28). The molecule has 1 heterocycles. The van der Waals surface area contributed by atoms with Crippen LogP contribution in [0.4, 0.5) is 10.5 Å². The fourth-order valence-corrected chi connectivity index (χ4v) is 3.04. The molecule has 28 heavy (non-hydrogen) atoms. The van der Waals surface area contributed by atoms with Gasteiger partial charge in [0.2, 0.25) is 0 Å². The lowest BCUT2D eigenvalue weighted by molar-refractivity contribution is 0.204. The van der Waals surface area contributed by atoms with Gasteiger partial charge in [0.1, 0.15) is 5.82 Å². The fraction of sp³-hybridized carbons (Fsp3) is 0.238. The Kier molecular flexibility index (Phi) is 5.41. The predicted molar refractivity (Wildman–Crippen MR) is 108 cm³/mol. The van der Waals surface area contributed by atoms with Crippen molar-refractivity contribution in [1.82, 2.24) is 14.5 Å². The van der Waals surface area contributed by atoms with Gasteiger partial charge in [-0.15, -0.1) is 0 Å². The maximum Gasteiger partial charge on any atom is 0.322 e. The summed E-state index contributed by atoms with van der Waals surface area (Å²) in [5.41, 5.74) is 1.48. The summed E-state index contributed by atoms with van der Waals surface area (Å²) in [4.78, 5) is 31.6. The number of hydrogen-bond donors (Lipinski definition) is 1. The quantitative estimate of drug-likeness (QED) is 0.755.